The first-order valence-electron chi connectivity index (χ1n) is 9.15. The second-order valence-corrected chi connectivity index (χ2v) is 6.81. The maximum absolute atomic E-state index is 12.2. The number of carbonyl (C=O) groups excluding carboxylic acids is 2. The number of alkyl carbamates (subject to hydrolysis) is 1. The Kier molecular flexibility index (Phi) is 8.01. The quantitative estimate of drug-likeness (QED) is 0.639. The maximum Gasteiger partial charge on any atom is 0.408 e. The molecule has 0 unspecified atom stereocenters. The van der Waals surface area contributed by atoms with Crippen molar-refractivity contribution < 1.29 is 24.2 Å². The van der Waals surface area contributed by atoms with E-state index in [4.69, 9.17) is 9.47 Å². The van der Waals surface area contributed by atoms with Crippen LogP contribution in [0.15, 0.2) is 42.6 Å². The minimum atomic E-state index is -0.773. The summed E-state index contributed by atoms with van der Waals surface area (Å²) in [5, 5.41) is 16.6. The second-order valence-electron chi connectivity index (χ2n) is 6.81. The molecule has 2 rings (SSSR count). The number of ether oxygens (including phenoxy) is 2. The SMILES string of the molecule is COC(=O)[C@H](CC(C)C)n1nccc1[C@H](CO)NC(=O)OCc1ccccc1. The van der Waals surface area contributed by atoms with Gasteiger partial charge in [-0.1, -0.05) is 44.2 Å². The van der Waals surface area contributed by atoms with E-state index in [9.17, 15) is 14.7 Å². The molecule has 0 aliphatic heterocycles. The molecule has 0 fully saturated rings. The highest BCUT2D eigenvalue weighted by Crippen LogP contribution is 2.23. The molecule has 2 N–H and O–H groups in total. The zero-order valence-electron chi connectivity index (χ0n) is 16.4. The van der Waals surface area contributed by atoms with Crippen LogP contribution in [0.1, 0.15) is 43.6 Å². The molecular formula is C20H27N3O5. The number of carbonyl (C=O) groups is 2. The van der Waals surface area contributed by atoms with Crippen LogP contribution in [0, 0.1) is 5.92 Å². The summed E-state index contributed by atoms with van der Waals surface area (Å²) in [4.78, 5) is 24.4. The van der Waals surface area contributed by atoms with Crippen molar-refractivity contribution in [1.29, 1.82) is 0 Å². The summed E-state index contributed by atoms with van der Waals surface area (Å²) in [6.07, 6.45) is 1.36. The van der Waals surface area contributed by atoms with Crippen LogP contribution >= 0.6 is 0 Å². The van der Waals surface area contributed by atoms with Gasteiger partial charge in [-0.15, -0.1) is 0 Å². The van der Waals surface area contributed by atoms with Crippen molar-refractivity contribution in [3.8, 4) is 0 Å². The zero-order chi connectivity index (χ0) is 20.5. The average Bonchev–Trinajstić information content (AvgIpc) is 3.18. The van der Waals surface area contributed by atoms with Gasteiger partial charge in [-0.3, -0.25) is 4.68 Å². The number of esters is 1. The highest BCUT2D eigenvalue weighted by Gasteiger charge is 2.28. The molecule has 1 amide bonds. The van der Waals surface area contributed by atoms with Crippen molar-refractivity contribution >= 4 is 12.1 Å². The Balaban J connectivity index is 2.10. The second kappa shape index (κ2) is 10.5. The maximum atomic E-state index is 12.2. The van der Waals surface area contributed by atoms with E-state index < -0.39 is 24.1 Å². The Morgan fingerprint density at radius 2 is 1.93 bits per heavy atom. The van der Waals surface area contributed by atoms with Gasteiger partial charge in [0.1, 0.15) is 12.6 Å². The normalized spacial score (nSPS) is 13.0. The van der Waals surface area contributed by atoms with Crippen LogP contribution in [-0.2, 0) is 20.9 Å². The summed E-state index contributed by atoms with van der Waals surface area (Å²) in [5.41, 5.74) is 1.35. The van der Waals surface area contributed by atoms with E-state index in [1.54, 1.807) is 6.07 Å². The fourth-order valence-electron chi connectivity index (χ4n) is 2.86. The van der Waals surface area contributed by atoms with E-state index in [0.717, 1.165) is 5.56 Å². The average molecular weight is 389 g/mol. The van der Waals surface area contributed by atoms with Crippen LogP contribution in [0.4, 0.5) is 4.79 Å². The van der Waals surface area contributed by atoms with Gasteiger partial charge in [0, 0.05) is 6.20 Å². The first kappa shape index (κ1) is 21.4. The molecule has 8 nitrogen and oxygen atoms in total. The highest BCUT2D eigenvalue weighted by molar-refractivity contribution is 5.74. The predicted molar refractivity (Wildman–Crippen MR) is 102 cm³/mol. The third-order valence-electron chi connectivity index (χ3n) is 4.21. The number of methoxy groups -OCH3 is 1. The topological polar surface area (TPSA) is 103 Å². The van der Waals surface area contributed by atoms with E-state index in [2.05, 4.69) is 10.4 Å². The van der Waals surface area contributed by atoms with Gasteiger partial charge in [0.25, 0.3) is 0 Å². The number of benzene rings is 1. The van der Waals surface area contributed by atoms with Gasteiger partial charge in [-0.2, -0.15) is 5.10 Å². The molecule has 0 saturated heterocycles. The first-order valence-corrected chi connectivity index (χ1v) is 9.15. The molecule has 0 aliphatic rings. The van der Waals surface area contributed by atoms with E-state index in [-0.39, 0.29) is 19.1 Å². The number of aromatic nitrogens is 2. The first-order chi connectivity index (χ1) is 13.5. The van der Waals surface area contributed by atoms with Gasteiger partial charge < -0.3 is 19.9 Å². The number of nitrogens with one attached hydrogen (secondary N) is 1. The van der Waals surface area contributed by atoms with Crippen LogP contribution in [0.25, 0.3) is 0 Å². The molecule has 1 aromatic heterocycles. The van der Waals surface area contributed by atoms with Crippen LogP contribution in [-0.4, -0.2) is 40.7 Å². The third kappa shape index (κ3) is 5.82. The molecule has 0 saturated carbocycles. The molecule has 152 valence electrons. The number of hydrogen-bond acceptors (Lipinski definition) is 6. The van der Waals surface area contributed by atoms with E-state index in [0.29, 0.717) is 12.1 Å². The number of nitrogens with zero attached hydrogens (tertiary/aromatic N) is 2. The molecule has 0 spiro atoms. The molecule has 1 aromatic carbocycles. The minimum Gasteiger partial charge on any atom is -0.467 e. The molecular weight excluding hydrogens is 362 g/mol. The van der Waals surface area contributed by atoms with Crippen molar-refractivity contribution in [3.63, 3.8) is 0 Å². The number of aliphatic hydroxyl groups is 1. The molecule has 0 radical (unpaired) electrons. The molecule has 2 atom stereocenters. The van der Waals surface area contributed by atoms with Crippen LogP contribution in [0.2, 0.25) is 0 Å². The van der Waals surface area contributed by atoms with Gasteiger partial charge in [-0.25, -0.2) is 9.59 Å². The molecule has 0 bridgehead atoms. The Labute approximate surface area is 164 Å². The van der Waals surface area contributed by atoms with Crippen molar-refractivity contribution in [2.45, 2.75) is 39.0 Å². The van der Waals surface area contributed by atoms with E-state index in [1.807, 2.05) is 44.2 Å². The smallest absolute Gasteiger partial charge is 0.408 e. The van der Waals surface area contributed by atoms with Crippen LogP contribution in [0.3, 0.4) is 0 Å². The lowest BCUT2D eigenvalue weighted by molar-refractivity contribution is -0.145. The fraction of sp³-hybridized carbons (Fsp3) is 0.450. The van der Waals surface area contributed by atoms with E-state index >= 15 is 0 Å². The summed E-state index contributed by atoms with van der Waals surface area (Å²) in [6, 6.07) is 9.50. The van der Waals surface area contributed by atoms with Crippen molar-refractivity contribution in [3.05, 3.63) is 53.9 Å². The largest absolute Gasteiger partial charge is 0.467 e. The van der Waals surface area contributed by atoms with Gasteiger partial charge in [0.15, 0.2) is 0 Å². The molecule has 2 aromatic rings. The Morgan fingerprint density at radius 3 is 2.54 bits per heavy atom. The zero-order valence-corrected chi connectivity index (χ0v) is 16.4. The summed E-state index contributed by atoms with van der Waals surface area (Å²) in [7, 11) is 1.32. The molecule has 1 heterocycles. The fourth-order valence-corrected chi connectivity index (χ4v) is 2.86. The van der Waals surface area contributed by atoms with E-state index in [1.165, 1.54) is 18.0 Å². The summed E-state index contributed by atoms with van der Waals surface area (Å²) < 4.78 is 11.6. The lowest BCUT2D eigenvalue weighted by atomic mass is 10.0. The summed E-state index contributed by atoms with van der Waals surface area (Å²) >= 11 is 0. The summed E-state index contributed by atoms with van der Waals surface area (Å²) in [5.74, 6) is -0.209. The lowest BCUT2D eigenvalue weighted by Crippen LogP contribution is -2.34. The number of amides is 1. The van der Waals surface area contributed by atoms with Crippen LogP contribution < -0.4 is 5.32 Å². The number of hydrogen-bond donors (Lipinski definition) is 2. The van der Waals surface area contributed by atoms with Gasteiger partial charge in [0.05, 0.1) is 25.5 Å². The van der Waals surface area contributed by atoms with Crippen LogP contribution in [0.5, 0.6) is 0 Å². The Hall–Kier alpha value is -2.87. The van der Waals surface area contributed by atoms with Crippen molar-refractivity contribution in [2.24, 2.45) is 5.92 Å². The number of rotatable bonds is 9. The summed E-state index contributed by atoms with van der Waals surface area (Å²) in [6.45, 7) is 3.72. The predicted octanol–water partition coefficient (Wildman–Crippen LogP) is 2.60. The Bertz CT molecular complexity index is 760. The lowest BCUT2D eigenvalue weighted by Gasteiger charge is -2.23. The van der Waals surface area contributed by atoms with Gasteiger partial charge in [-0.05, 0) is 24.0 Å². The monoisotopic (exact) mass is 389 g/mol. The molecule has 8 heteroatoms. The standard InChI is InChI=1S/C20H27N3O5/c1-14(2)11-18(19(25)27-3)23-17(9-10-21-23)16(12-24)22-20(26)28-13-15-7-5-4-6-8-15/h4-10,14,16,18,24H,11-13H2,1-3H3,(H,22,26)/t16-,18-/m0/s1. The van der Waals surface area contributed by atoms with Gasteiger partial charge >= 0.3 is 12.1 Å². The highest BCUT2D eigenvalue weighted by atomic mass is 16.5. The van der Waals surface area contributed by atoms with Crippen molar-refractivity contribution in [1.82, 2.24) is 15.1 Å². The Morgan fingerprint density at radius 1 is 1.21 bits per heavy atom. The third-order valence-corrected chi connectivity index (χ3v) is 4.21. The molecule has 0 aliphatic carbocycles. The van der Waals surface area contributed by atoms with Crippen molar-refractivity contribution in [2.75, 3.05) is 13.7 Å². The van der Waals surface area contributed by atoms with Gasteiger partial charge in [0.2, 0.25) is 0 Å². The molecule has 28 heavy (non-hydrogen) atoms. The minimum absolute atomic E-state index is 0.113. The number of aliphatic hydroxyl groups excluding tert-OH is 1.